The third-order valence-electron chi connectivity index (χ3n) is 1.72. The Hall–Kier alpha value is -1.29. The van der Waals surface area contributed by atoms with Crippen LogP contribution in [0.1, 0.15) is 12.5 Å². The van der Waals surface area contributed by atoms with E-state index in [1.165, 1.54) is 0 Å². The molecule has 1 aromatic heterocycles. The van der Waals surface area contributed by atoms with Crippen LogP contribution >= 0.6 is 11.6 Å². The fourth-order valence-corrected chi connectivity index (χ4v) is 1.28. The summed E-state index contributed by atoms with van der Waals surface area (Å²) in [5, 5.41) is 3.22. The zero-order chi connectivity index (χ0) is 11.1. The van der Waals surface area contributed by atoms with Crippen LogP contribution in [0.15, 0.2) is 18.5 Å². The minimum Gasteiger partial charge on any atom is -0.450 e. The monoisotopic (exact) mass is 228 g/mol. The van der Waals surface area contributed by atoms with E-state index in [9.17, 15) is 4.79 Å². The van der Waals surface area contributed by atoms with Gasteiger partial charge in [0.1, 0.15) is 0 Å². The summed E-state index contributed by atoms with van der Waals surface area (Å²) in [6.07, 6.45) is 3.59. The smallest absolute Gasteiger partial charge is 0.407 e. The Kier molecular flexibility index (Phi) is 4.90. The van der Waals surface area contributed by atoms with Crippen molar-refractivity contribution in [3.8, 4) is 0 Å². The van der Waals surface area contributed by atoms with Crippen molar-refractivity contribution in [2.24, 2.45) is 0 Å². The third-order valence-corrected chi connectivity index (χ3v) is 1.93. The molecule has 0 spiro atoms. The topological polar surface area (TPSA) is 51.2 Å². The molecular weight excluding hydrogens is 216 g/mol. The van der Waals surface area contributed by atoms with E-state index in [1.807, 2.05) is 6.07 Å². The van der Waals surface area contributed by atoms with E-state index in [-0.39, 0.29) is 0 Å². The van der Waals surface area contributed by atoms with Crippen LogP contribution in [0.25, 0.3) is 0 Å². The first-order chi connectivity index (χ1) is 7.22. The third kappa shape index (κ3) is 4.65. The second-order valence-electron chi connectivity index (χ2n) is 2.91. The Balaban J connectivity index is 2.28. The molecule has 1 rings (SSSR count). The van der Waals surface area contributed by atoms with Crippen LogP contribution in [0.5, 0.6) is 0 Å². The lowest BCUT2D eigenvalue weighted by molar-refractivity contribution is 0.152. The largest absolute Gasteiger partial charge is 0.450 e. The van der Waals surface area contributed by atoms with Gasteiger partial charge in [0.25, 0.3) is 0 Å². The second kappa shape index (κ2) is 6.24. The number of hydrogen-bond acceptors (Lipinski definition) is 3. The Morgan fingerprint density at radius 1 is 1.60 bits per heavy atom. The summed E-state index contributed by atoms with van der Waals surface area (Å²) in [4.78, 5) is 14.9. The van der Waals surface area contributed by atoms with Crippen molar-refractivity contribution >= 4 is 17.7 Å². The van der Waals surface area contributed by atoms with Crippen LogP contribution in [0, 0.1) is 0 Å². The van der Waals surface area contributed by atoms with Crippen LogP contribution in [0.3, 0.4) is 0 Å². The highest BCUT2D eigenvalue weighted by molar-refractivity contribution is 6.30. The summed E-state index contributed by atoms with van der Waals surface area (Å²) in [6.45, 7) is 2.66. The molecule has 82 valence electrons. The molecule has 0 saturated heterocycles. The predicted molar refractivity (Wildman–Crippen MR) is 58.0 cm³/mol. The Morgan fingerprint density at radius 3 is 3.07 bits per heavy atom. The molecule has 0 fully saturated rings. The molecule has 0 aliphatic heterocycles. The van der Waals surface area contributed by atoms with Crippen molar-refractivity contribution in [3.63, 3.8) is 0 Å². The molecular formula is C10H13ClN2O2. The normalized spacial score (nSPS) is 9.73. The minimum atomic E-state index is -0.396. The van der Waals surface area contributed by atoms with E-state index < -0.39 is 6.09 Å². The summed E-state index contributed by atoms with van der Waals surface area (Å²) in [5.41, 5.74) is 0.985. The standard InChI is InChI=1S/C10H13ClN2O2/c1-2-15-10(14)13-4-3-8-5-9(11)7-12-6-8/h5-7H,2-4H2,1H3,(H,13,14). The van der Waals surface area contributed by atoms with Gasteiger partial charge in [-0.15, -0.1) is 0 Å². The Bertz CT molecular complexity index is 331. The van der Waals surface area contributed by atoms with Gasteiger partial charge in [-0.2, -0.15) is 0 Å². The maximum atomic E-state index is 10.9. The molecule has 5 heteroatoms. The molecule has 4 nitrogen and oxygen atoms in total. The van der Waals surface area contributed by atoms with Crippen molar-refractivity contribution < 1.29 is 9.53 Å². The SMILES string of the molecule is CCOC(=O)NCCc1cncc(Cl)c1. The average molecular weight is 229 g/mol. The van der Waals surface area contributed by atoms with E-state index >= 15 is 0 Å². The molecule has 1 N–H and O–H groups in total. The van der Waals surface area contributed by atoms with Gasteiger partial charge in [-0.3, -0.25) is 4.98 Å². The molecule has 1 aromatic rings. The highest BCUT2D eigenvalue weighted by Crippen LogP contribution is 2.08. The number of hydrogen-bond donors (Lipinski definition) is 1. The Labute approximate surface area is 93.6 Å². The van der Waals surface area contributed by atoms with E-state index in [1.54, 1.807) is 19.3 Å². The number of amides is 1. The summed E-state index contributed by atoms with van der Waals surface area (Å²) in [5.74, 6) is 0. The molecule has 0 unspecified atom stereocenters. The number of rotatable bonds is 4. The van der Waals surface area contributed by atoms with Gasteiger partial charge in [0.2, 0.25) is 0 Å². The van der Waals surface area contributed by atoms with E-state index in [0.29, 0.717) is 24.6 Å². The van der Waals surface area contributed by atoms with Crippen LogP contribution in [0.2, 0.25) is 5.02 Å². The van der Waals surface area contributed by atoms with Crippen LogP contribution in [-0.2, 0) is 11.2 Å². The van der Waals surface area contributed by atoms with E-state index in [2.05, 4.69) is 10.3 Å². The lowest BCUT2D eigenvalue weighted by atomic mass is 10.2. The number of carbonyl (C=O) groups excluding carboxylic acids is 1. The first-order valence-corrected chi connectivity index (χ1v) is 5.10. The fraction of sp³-hybridized carbons (Fsp3) is 0.400. The van der Waals surface area contributed by atoms with Crippen molar-refractivity contribution in [1.82, 2.24) is 10.3 Å². The van der Waals surface area contributed by atoms with Crippen molar-refractivity contribution in [2.75, 3.05) is 13.2 Å². The molecule has 0 saturated carbocycles. The van der Waals surface area contributed by atoms with Gasteiger partial charge in [-0.05, 0) is 25.0 Å². The first kappa shape index (κ1) is 11.8. The second-order valence-corrected chi connectivity index (χ2v) is 3.35. The number of ether oxygens (including phenoxy) is 1. The fourth-order valence-electron chi connectivity index (χ4n) is 1.08. The molecule has 0 radical (unpaired) electrons. The van der Waals surface area contributed by atoms with E-state index in [0.717, 1.165) is 5.56 Å². The maximum absolute atomic E-state index is 10.9. The number of aromatic nitrogens is 1. The number of halogens is 1. The van der Waals surface area contributed by atoms with Crippen LogP contribution < -0.4 is 5.32 Å². The molecule has 1 heterocycles. The number of nitrogens with zero attached hydrogens (tertiary/aromatic N) is 1. The minimum absolute atomic E-state index is 0.380. The predicted octanol–water partition coefficient (Wildman–Crippen LogP) is 2.02. The number of carbonyl (C=O) groups is 1. The first-order valence-electron chi connectivity index (χ1n) is 4.72. The summed E-state index contributed by atoms with van der Waals surface area (Å²) < 4.78 is 4.71. The highest BCUT2D eigenvalue weighted by Gasteiger charge is 2.00. The van der Waals surface area contributed by atoms with Gasteiger partial charge in [0.05, 0.1) is 11.6 Å². The Morgan fingerprint density at radius 2 is 2.40 bits per heavy atom. The van der Waals surface area contributed by atoms with Gasteiger partial charge < -0.3 is 10.1 Å². The average Bonchev–Trinajstić information content (AvgIpc) is 2.18. The van der Waals surface area contributed by atoms with Crippen molar-refractivity contribution in [2.45, 2.75) is 13.3 Å². The maximum Gasteiger partial charge on any atom is 0.407 e. The number of pyridine rings is 1. The summed E-state index contributed by atoms with van der Waals surface area (Å²) in [7, 11) is 0. The lowest BCUT2D eigenvalue weighted by Gasteiger charge is -2.04. The quantitative estimate of drug-likeness (QED) is 0.858. The number of alkyl carbamates (subject to hydrolysis) is 1. The van der Waals surface area contributed by atoms with Crippen molar-refractivity contribution in [3.05, 3.63) is 29.0 Å². The number of nitrogens with one attached hydrogen (secondary N) is 1. The molecule has 0 bridgehead atoms. The zero-order valence-corrected chi connectivity index (χ0v) is 9.25. The molecule has 0 aromatic carbocycles. The summed E-state index contributed by atoms with van der Waals surface area (Å²) in [6, 6.07) is 1.82. The molecule has 1 amide bonds. The molecule has 0 atom stereocenters. The summed E-state index contributed by atoms with van der Waals surface area (Å²) >= 11 is 5.76. The van der Waals surface area contributed by atoms with Gasteiger partial charge in [-0.25, -0.2) is 4.79 Å². The molecule has 15 heavy (non-hydrogen) atoms. The highest BCUT2D eigenvalue weighted by atomic mass is 35.5. The van der Waals surface area contributed by atoms with Crippen LogP contribution in [-0.4, -0.2) is 24.2 Å². The lowest BCUT2D eigenvalue weighted by Crippen LogP contribution is -2.26. The van der Waals surface area contributed by atoms with Crippen molar-refractivity contribution in [1.29, 1.82) is 0 Å². The zero-order valence-electron chi connectivity index (χ0n) is 8.50. The van der Waals surface area contributed by atoms with Gasteiger partial charge in [0, 0.05) is 18.9 Å². The van der Waals surface area contributed by atoms with Gasteiger partial charge >= 0.3 is 6.09 Å². The molecule has 0 aliphatic carbocycles. The van der Waals surface area contributed by atoms with Gasteiger partial charge in [-0.1, -0.05) is 11.6 Å². The molecule has 0 aliphatic rings. The van der Waals surface area contributed by atoms with E-state index in [4.69, 9.17) is 16.3 Å². The van der Waals surface area contributed by atoms with Crippen LogP contribution in [0.4, 0.5) is 4.79 Å². The van der Waals surface area contributed by atoms with Gasteiger partial charge in [0.15, 0.2) is 0 Å².